The van der Waals surface area contributed by atoms with Gasteiger partial charge in [0.25, 0.3) is 0 Å². The summed E-state index contributed by atoms with van der Waals surface area (Å²) in [4.78, 5) is 5.86. The molecule has 0 aliphatic rings. The number of aliphatic hydroxyl groups excluding tert-OH is 1. The van der Waals surface area contributed by atoms with E-state index in [4.69, 9.17) is 5.11 Å². The molecule has 0 amide bonds. The van der Waals surface area contributed by atoms with Gasteiger partial charge in [-0.05, 0) is 29.8 Å². The zero-order chi connectivity index (χ0) is 14.4. The summed E-state index contributed by atoms with van der Waals surface area (Å²) in [7, 11) is 0. The van der Waals surface area contributed by atoms with Crippen LogP contribution < -0.4 is 0 Å². The summed E-state index contributed by atoms with van der Waals surface area (Å²) in [6, 6.07) is 7.11. The molecule has 3 nitrogen and oxygen atoms in total. The summed E-state index contributed by atoms with van der Waals surface area (Å²) >= 11 is 0. The highest BCUT2D eigenvalue weighted by Crippen LogP contribution is 2.14. The summed E-state index contributed by atoms with van der Waals surface area (Å²) in [6.07, 6.45) is 3.39. The summed E-state index contributed by atoms with van der Waals surface area (Å²) in [5.41, 5.74) is 1.24. The van der Waals surface area contributed by atoms with Gasteiger partial charge in [-0.3, -0.25) is 9.88 Å². The molecule has 0 bridgehead atoms. The van der Waals surface area contributed by atoms with Crippen molar-refractivity contribution in [1.82, 2.24) is 9.88 Å². The Kier molecular flexibility index (Phi) is 5.15. The zero-order valence-electron chi connectivity index (χ0n) is 11.0. The lowest BCUT2D eigenvalue weighted by Gasteiger charge is -2.21. The van der Waals surface area contributed by atoms with Crippen molar-refractivity contribution in [3.63, 3.8) is 0 Å². The lowest BCUT2D eigenvalue weighted by molar-refractivity contribution is 0.182. The Bertz CT molecular complexity index is 549. The highest BCUT2D eigenvalue weighted by atomic mass is 19.1. The zero-order valence-corrected chi connectivity index (χ0v) is 11.0. The van der Waals surface area contributed by atoms with Crippen LogP contribution in [0.3, 0.4) is 0 Å². The largest absolute Gasteiger partial charge is 0.395 e. The van der Waals surface area contributed by atoms with Gasteiger partial charge in [0, 0.05) is 37.6 Å². The van der Waals surface area contributed by atoms with Gasteiger partial charge in [0.15, 0.2) is 0 Å². The number of halogens is 2. The van der Waals surface area contributed by atoms with Crippen molar-refractivity contribution < 1.29 is 13.9 Å². The van der Waals surface area contributed by atoms with Crippen LogP contribution in [0.2, 0.25) is 0 Å². The molecule has 1 N–H and O–H groups in total. The van der Waals surface area contributed by atoms with Gasteiger partial charge in [-0.1, -0.05) is 6.07 Å². The molecule has 0 radical (unpaired) electrons. The first-order chi connectivity index (χ1) is 9.69. The highest BCUT2D eigenvalue weighted by molar-refractivity contribution is 5.19. The quantitative estimate of drug-likeness (QED) is 0.881. The van der Waals surface area contributed by atoms with E-state index in [1.165, 1.54) is 6.07 Å². The minimum atomic E-state index is -0.466. The molecule has 106 valence electrons. The van der Waals surface area contributed by atoms with E-state index in [1.54, 1.807) is 12.4 Å². The fourth-order valence-electron chi connectivity index (χ4n) is 2.01. The van der Waals surface area contributed by atoms with Crippen molar-refractivity contribution in [2.75, 3.05) is 13.2 Å². The lowest BCUT2D eigenvalue weighted by atomic mass is 10.1. The second-order valence-corrected chi connectivity index (χ2v) is 4.53. The first-order valence-corrected chi connectivity index (χ1v) is 6.35. The number of pyridine rings is 1. The minimum Gasteiger partial charge on any atom is -0.395 e. The summed E-state index contributed by atoms with van der Waals surface area (Å²) < 4.78 is 26.8. The standard InChI is InChI=1S/C15H16F2N2O/c16-14-3-4-15(17)13(8-14)11-19(6-7-20)10-12-2-1-5-18-9-12/h1-5,8-9,20H,6-7,10-11H2. The Morgan fingerprint density at radius 3 is 2.70 bits per heavy atom. The van der Waals surface area contributed by atoms with Gasteiger partial charge in [0.2, 0.25) is 0 Å². The maximum atomic E-state index is 13.6. The average Bonchev–Trinajstić information content (AvgIpc) is 2.44. The Morgan fingerprint density at radius 1 is 1.15 bits per heavy atom. The van der Waals surface area contributed by atoms with Crippen LogP contribution in [0.25, 0.3) is 0 Å². The summed E-state index contributed by atoms with van der Waals surface area (Å²) in [5, 5.41) is 9.09. The van der Waals surface area contributed by atoms with Gasteiger partial charge in [0.05, 0.1) is 6.61 Å². The fourth-order valence-corrected chi connectivity index (χ4v) is 2.01. The van der Waals surface area contributed by atoms with E-state index in [1.807, 2.05) is 17.0 Å². The first kappa shape index (κ1) is 14.6. The van der Waals surface area contributed by atoms with E-state index in [9.17, 15) is 8.78 Å². The summed E-state index contributed by atoms with van der Waals surface area (Å²) in [5.74, 6) is -0.910. The Hall–Kier alpha value is -1.85. The predicted octanol–water partition coefficient (Wildman–Crippen LogP) is 2.35. The second kappa shape index (κ2) is 7.07. The molecular formula is C15H16F2N2O. The van der Waals surface area contributed by atoms with Crippen LogP contribution >= 0.6 is 0 Å². The third-order valence-corrected chi connectivity index (χ3v) is 2.95. The van der Waals surface area contributed by atoms with Crippen molar-refractivity contribution >= 4 is 0 Å². The molecule has 0 saturated heterocycles. The number of aliphatic hydroxyl groups is 1. The van der Waals surface area contributed by atoms with Crippen molar-refractivity contribution in [3.8, 4) is 0 Å². The molecule has 0 spiro atoms. The van der Waals surface area contributed by atoms with Gasteiger partial charge in [-0.2, -0.15) is 0 Å². The van der Waals surface area contributed by atoms with Gasteiger partial charge in [-0.15, -0.1) is 0 Å². The molecule has 0 saturated carbocycles. The van der Waals surface area contributed by atoms with Crippen LogP contribution in [0.5, 0.6) is 0 Å². The molecule has 0 fully saturated rings. The Balaban J connectivity index is 2.11. The number of benzene rings is 1. The highest BCUT2D eigenvalue weighted by Gasteiger charge is 2.11. The number of aromatic nitrogens is 1. The number of nitrogens with zero attached hydrogens (tertiary/aromatic N) is 2. The molecule has 1 aromatic heterocycles. The third kappa shape index (κ3) is 4.08. The monoisotopic (exact) mass is 278 g/mol. The number of hydrogen-bond donors (Lipinski definition) is 1. The molecule has 0 aliphatic heterocycles. The molecule has 0 unspecified atom stereocenters. The number of hydrogen-bond acceptors (Lipinski definition) is 3. The maximum absolute atomic E-state index is 13.6. The third-order valence-electron chi connectivity index (χ3n) is 2.95. The smallest absolute Gasteiger partial charge is 0.127 e. The molecular weight excluding hydrogens is 262 g/mol. The molecule has 2 aromatic rings. The first-order valence-electron chi connectivity index (χ1n) is 6.35. The van der Waals surface area contributed by atoms with Crippen LogP contribution in [0.1, 0.15) is 11.1 Å². The van der Waals surface area contributed by atoms with Crippen molar-refractivity contribution in [3.05, 3.63) is 65.5 Å². The van der Waals surface area contributed by atoms with Gasteiger partial charge in [0.1, 0.15) is 11.6 Å². The van der Waals surface area contributed by atoms with E-state index < -0.39 is 11.6 Å². The van der Waals surface area contributed by atoms with E-state index in [2.05, 4.69) is 4.98 Å². The minimum absolute atomic E-state index is 0.0444. The normalized spacial score (nSPS) is 11.0. The molecule has 2 rings (SSSR count). The topological polar surface area (TPSA) is 36.4 Å². The van der Waals surface area contributed by atoms with Crippen molar-refractivity contribution in [2.45, 2.75) is 13.1 Å². The molecule has 0 atom stereocenters. The van der Waals surface area contributed by atoms with Crippen molar-refractivity contribution in [1.29, 1.82) is 0 Å². The van der Waals surface area contributed by atoms with Crippen LogP contribution in [-0.2, 0) is 13.1 Å². The van der Waals surface area contributed by atoms with Crippen molar-refractivity contribution in [2.24, 2.45) is 0 Å². The Morgan fingerprint density at radius 2 is 2.00 bits per heavy atom. The second-order valence-electron chi connectivity index (χ2n) is 4.53. The molecule has 0 aliphatic carbocycles. The molecule has 1 heterocycles. The fraction of sp³-hybridized carbons (Fsp3) is 0.267. The number of rotatable bonds is 6. The van der Waals surface area contributed by atoms with Crippen LogP contribution in [0.15, 0.2) is 42.7 Å². The summed E-state index contributed by atoms with van der Waals surface area (Å²) in [6.45, 7) is 1.09. The molecule has 20 heavy (non-hydrogen) atoms. The van der Waals surface area contributed by atoms with E-state index >= 15 is 0 Å². The van der Waals surface area contributed by atoms with E-state index in [-0.39, 0.29) is 18.7 Å². The van der Waals surface area contributed by atoms with Gasteiger partial charge < -0.3 is 5.11 Å². The van der Waals surface area contributed by atoms with Crippen LogP contribution in [-0.4, -0.2) is 28.1 Å². The molecule has 1 aromatic carbocycles. The predicted molar refractivity (Wildman–Crippen MR) is 71.8 cm³/mol. The lowest BCUT2D eigenvalue weighted by Crippen LogP contribution is -2.26. The van der Waals surface area contributed by atoms with Crippen LogP contribution in [0, 0.1) is 11.6 Å². The van der Waals surface area contributed by atoms with E-state index in [0.29, 0.717) is 13.1 Å². The Labute approximate surface area is 116 Å². The van der Waals surface area contributed by atoms with Crippen LogP contribution in [0.4, 0.5) is 8.78 Å². The van der Waals surface area contributed by atoms with Gasteiger partial charge in [-0.25, -0.2) is 8.78 Å². The SMILES string of the molecule is OCCN(Cc1cccnc1)Cc1cc(F)ccc1F. The maximum Gasteiger partial charge on any atom is 0.127 e. The van der Waals surface area contributed by atoms with Gasteiger partial charge >= 0.3 is 0 Å². The van der Waals surface area contributed by atoms with E-state index in [0.717, 1.165) is 17.7 Å². The average molecular weight is 278 g/mol. The molecule has 5 heteroatoms.